The largest absolute Gasteiger partial charge is 0.481 e. The molecule has 0 aromatic carbocycles. The molecule has 0 aliphatic carbocycles. The van der Waals surface area contributed by atoms with Crippen LogP contribution in [0, 0.1) is 12.8 Å². The Morgan fingerprint density at radius 2 is 1.94 bits per heavy atom. The van der Waals surface area contributed by atoms with Crippen molar-refractivity contribution < 1.29 is 9.47 Å². The first-order chi connectivity index (χ1) is 16.0. The van der Waals surface area contributed by atoms with Gasteiger partial charge in [-0.05, 0) is 65.2 Å². The van der Waals surface area contributed by atoms with Gasteiger partial charge < -0.3 is 14.4 Å². The lowest BCUT2D eigenvalue weighted by atomic mass is 9.90. The van der Waals surface area contributed by atoms with E-state index < -0.39 is 0 Å². The summed E-state index contributed by atoms with van der Waals surface area (Å²) in [5, 5.41) is 9.86. The number of aryl methyl sites for hydroxylation is 1. The van der Waals surface area contributed by atoms with Crippen molar-refractivity contribution in [3.05, 3.63) is 41.5 Å². The van der Waals surface area contributed by atoms with E-state index in [9.17, 15) is 0 Å². The number of piperidine rings is 1. The van der Waals surface area contributed by atoms with Gasteiger partial charge in [0.25, 0.3) is 0 Å². The molecule has 1 saturated heterocycles. The van der Waals surface area contributed by atoms with Gasteiger partial charge in [-0.1, -0.05) is 0 Å². The van der Waals surface area contributed by atoms with Crippen LogP contribution in [0.4, 0.5) is 0 Å². The monoisotopic (exact) mass is 450 g/mol. The Kier molecular flexibility index (Phi) is 6.21. The van der Waals surface area contributed by atoms with Crippen LogP contribution in [0.15, 0.2) is 24.7 Å². The van der Waals surface area contributed by atoms with E-state index in [4.69, 9.17) is 19.7 Å². The van der Waals surface area contributed by atoms with E-state index in [2.05, 4.69) is 40.8 Å². The second kappa shape index (κ2) is 9.27. The number of hydrogen-bond acceptors (Lipinski definition) is 6. The van der Waals surface area contributed by atoms with Crippen LogP contribution in [0.5, 0.6) is 5.88 Å². The molecular formula is C25H34N6O2. The van der Waals surface area contributed by atoms with Crippen molar-refractivity contribution in [1.29, 1.82) is 0 Å². The maximum atomic E-state index is 5.81. The predicted octanol–water partition coefficient (Wildman–Crippen LogP) is 3.47. The summed E-state index contributed by atoms with van der Waals surface area (Å²) in [6.45, 7) is 8.05. The summed E-state index contributed by atoms with van der Waals surface area (Å²) >= 11 is 0. The van der Waals surface area contributed by atoms with Crippen LogP contribution in [-0.2, 0) is 17.6 Å². The third-order valence-corrected chi connectivity index (χ3v) is 7.26. The Bertz CT molecular complexity index is 1110. The smallest absolute Gasteiger partial charge is 0.216 e. The molecule has 5 heterocycles. The quantitative estimate of drug-likeness (QED) is 0.593. The van der Waals surface area contributed by atoms with Gasteiger partial charge >= 0.3 is 0 Å². The Labute approximate surface area is 195 Å². The number of likely N-dealkylation sites (tertiary alicyclic amines) is 1. The first-order valence-corrected chi connectivity index (χ1v) is 12.0. The molecule has 8 heteroatoms. The molecule has 0 N–H and O–H groups in total. The average molecular weight is 451 g/mol. The van der Waals surface area contributed by atoms with Gasteiger partial charge in [-0.25, -0.2) is 9.67 Å². The van der Waals surface area contributed by atoms with E-state index in [1.807, 2.05) is 24.0 Å². The summed E-state index contributed by atoms with van der Waals surface area (Å²) < 4.78 is 15.3. The van der Waals surface area contributed by atoms with Crippen molar-refractivity contribution in [1.82, 2.24) is 29.4 Å². The van der Waals surface area contributed by atoms with E-state index in [0.29, 0.717) is 31.1 Å². The van der Waals surface area contributed by atoms with Crippen LogP contribution in [0.3, 0.4) is 0 Å². The maximum Gasteiger partial charge on any atom is 0.216 e. The molecule has 0 bridgehead atoms. The molecule has 0 radical (unpaired) electrons. The Balaban J connectivity index is 1.49. The van der Waals surface area contributed by atoms with Gasteiger partial charge in [0.05, 0.1) is 55.8 Å². The fourth-order valence-electron chi connectivity index (χ4n) is 5.18. The van der Waals surface area contributed by atoms with Gasteiger partial charge in [-0.15, -0.1) is 0 Å². The molecule has 8 nitrogen and oxygen atoms in total. The highest BCUT2D eigenvalue weighted by Gasteiger charge is 2.26. The molecule has 1 unspecified atom stereocenters. The molecule has 0 saturated carbocycles. The van der Waals surface area contributed by atoms with Gasteiger partial charge in [0.1, 0.15) is 0 Å². The topological polar surface area (TPSA) is 70.2 Å². The molecular weight excluding hydrogens is 416 g/mol. The fraction of sp³-hybridized carbons (Fsp3) is 0.560. The molecule has 176 valence electrons. The lowest BCUT2D eigenvalue weighted by Gasteiger charge is -2.32. The van der Waals surface area contributed by atoms with Crippen LogP contribution < -0.4 is 4.74 Å². The summed E-state index contributed by atoms with van der Waals surface area (Å²) in [5.41, 5.74) is 6.48. The molecule has 2 aliphatic rings. The number of rotatable bonds is 5. The fourth-order valence-corrected chi connectivity index (χ4v) is 5.18. The first kappa shape index (κ1) is 22.1. The molecule has 0 amide bonds. The molecule has 5 rings (SSSR count). The van der Waals surface area contributed by atoms with E-state index >= 15 is 0 Å². The molecule has 3 aromatic heterocycles. The van der Waals surface area contributed by atoms with E-state index in [0.717, 1.165) is 48.4 Å². The van der Waals surface area contributed by atoms with Crippen LogP contribution in [-0.4, -0.2) is 69.9 Å². The van der Waals surface area contributed by atoms with Crippen LogP contribution in [0.2, 0.25) is 0 Å². The number of fused-ring (bicyclic) bond motifs is 1. The van der Waals surface area contributed by atoms with E-state index in [1.165, 1.54) is 24.1 Å². The van der Waals surface area contributed by atoms with Crippen LogP contribution >= 0.6 is 0 Å². The van der Waals surface area contributed by atoms with Gasteiger partial charge in [0.2, 0.25) is 5.88 Å². The van der Waals surface area contributed by atoms with Crippen molar-refractivity contribution in [2.45, 2.75) is 45.6 Å². The highest BCUT2D eigenvalue weighted by atomic mass is 16.5. The number of ether oxygens (including phenoxy) is 2. The number of aromatic nitrogens is 5. The number of methoxy groups -OCH3 is 1. The maximum absolute atomic E-state index is 5.81. The molecule has 0 spiro atoms. The summed E-state index contributed by atoms with van der Waals surface area (Å²) in [6.07, 6.45) is 10.1. The minimum absolute atomic E-state index is 0.380. The van der Waals surface area contributed by atoms with Crippen molar-refractivity contribution in [2.75, 3.05) is 40.5 Å². The summed E-state index contributed by atoms with van der Waals surface area (Å²) in [6, 6.07) is 2.46. The zero-order valence-corrected chi connectivity index (χ0v) is 20.1. The molecule has 3 aromatic rings. The highest BCUT2D eigenvalue weighted by Crippen LogP contribution is 2.33. The summed E-state index contributed by atoms with van der Waals surface area (Å²) in [5.74, 6) is 1.30. The Hall–Kier alpha value is -2.71. The van der Waals surface area contributed by atoms with Crippen molar-refractivity contribution in [3.63, 3.8) is 0 Å². The highest BCUT2D eigenvalue weighted by molar-refractivity contribution is 5.64. The Morgan fingerprint density at radius 3 is 2.70 bits per heavy atom. The normalized spacial score (nSPS) is 18.7. The number of nitrogens with zero attached hydrogens (tertiary/aromatic N) is 6. The molecule has 1 fully saturated rings. The third kappa shape index (κ3) is 4.29. The van der Waals surface area contributed by atoms with Gasteiger partial charge in [-0.3, -0.25) is 4.68 Å². The summed E-state index contributed by atoms with van der Waals surface area (Å²) in [4.78, 5) is 6.89. The van der Waals surface area contributed by atoms with Crippen molar-refractivity contribution in [2.24, 2.45) is 5.92 Å². The van der Waals surface area contributed by atoms with Crippen molar-refractivity contribution >= 4 is 0 Å². The predicted molar refractivity (Wildman–Crippen MR) is 127 cm³/mol. The van der Waals surface area contributed by atoms with Gasteiger partial charge in [0.15, 0.2) is 0 Å². The molecule has 2 aliphatic heterocycles. The second-order valence-corrected chi connectivity index (χ2v) is 9.41. The van der Waals surface area contributed by atoms with Crippen LogP contribution in [0.1, 0.15) is 42.6 Å². The SMILES string of the molecule is COc1ncc(-n2nc(-c3cnn(C(C)C4CCN(C)CC4)c3)c3c2CCOCC3)cc1C. The zero-order chi connectivity index (χ0) is 22.9. The standard InChI is InChI=1S/C25H34N6O2/c1-17-13-21(15-26-25(17)32-4)31-23-8-12-33-11-7-22(23)24(28-31)20-14-27-30(16-20)18(2)19-5-9-29(3)10-6-19/h13-16,18-19H,5-12H2,1-4H3. The Morgan fingerprint density at radius 1 is 1.15 bits per heavy atom. The number of hydrogen-bond donors (Lipinski definition) is 0. The minimum Gasteiger partial charge on any atom is -0.481 e. The second-order valence-electron chi connectivity index (χ2n) is 9.41. The van der Waals surface area contributed by atoms with Gasteiger partial charge in [-0.2, -0.15) is 10.2 Å². The minimum atomic E-state index is 0.380. The van der Waals surface area contributed by atoms with E-state index in [-0.39, 0.29) is 0 Å². The molecule has 1 atom stereocenters. The lowest BCUT2D eigenvalue weighted by Crippen LogP contribution is -2.33. The zero-order valence-electron chi connectivity index (χ0n) is 20.1. The molecule has 33 heavy (non-hydrogen) atoms. The van der Waals surface area contributed by atoms with E-state index in [1.54, 1.807) is 7.11 Å². The van der Waals surface area contributed by atoms with Gasteiger partial charge in [0, 0.05) is 29.3 Å². The van der Waals surface area contributed by atoms with Crippen molar-refractivity contribution in [3.8, 4) is 22.8 Å². The summed E-state index contributed by atoms with van der Waals surface area (Å²) in [7, 11) is 3.85. The lowest BCUT2D eigenvalue weighted by molar-refractivity contribution is 0.145. The first-order valence-electron chi connectivity index (χ1n) is 12.0. The van der Waals surface area contributed by atoms with Crippen LogP contribution in [0.25, 0.3) is 16.9 Å². The average Bonchev–Trinajstić information content (AvgIpc) is 3.37. The third-order valence-electron chi connectivity index (χ3n) is 7.26. The number of pyridine rings is 1.